The van der Waals surface area contributed by atoms with Crippen LogP contribution in [0.15, 0.2) is 35.7 Å². The van der Waals surface area contributed by atoms with E-state index in [-0.39, 0.29) is 10.8 Å². The minimum absolute atomic E-state index is 0.148. The molecule has 7 nitrogen and oxygen atoms in total. The molecule has 0 bridgehead atoms. The number of hydrogen-bond donors (Lipinski definition) is 2. The molecule has 1 heterocycles. The van der Waals surface area contributed by atoms with Crippen molar-refractivity contribution in [2.45, 2.75) is 0 Å². The van der Waals surface area contributed by atoms with Crippen LogP contribution >= 0.6 is 11.3 Å². The quantitative estimate of drug-likeness (QED) is 0.600. The molecule has 2 N–H and O–H groups in total. The zero-order chi connectivity index (χ0) is 21.0. The Labute approximate surface area is 169 Å². The van der Waals surface area contributed by atoms with Gasteiger partial charge in [-0.25, -0.2) is 18.6 Å². The third-order valence-corrected chi connectivity index (χ3v) is 4.62. The Bertz CT molecular complexity index is 1020. The van der Waals surface area contributed by atoms with E-state index in [1.54, 1.807) is 17.5 Å². The summed E-state index contributed by atoms with van der Waals surface area (Å²) < 4.78 is 42.5. The lowest BCUT2D eigenvalue weighted by Crippen LogP contribution is -2.20. The maximum absolute atomic E-state index is 13.7. The minimum atomic E-state index is -0.877. The molecule has 0 fully saturated rings. The third-order valence-electron chi connectivity index (χ3n) is 3.86. The third kappa shape index (κ3) is 4.54. The van der Waals surface area contributed by atoms with Gasteiger partial charge in [-0.1, -0.05) is 0 Å². The fourth-order valence-electron chi connectivity index (χ4n) is 2.53. The first-order chi connectivity index (χ1) is 13.9. The molecular formula is C19H17F2N3O4S. The number of urea groups is 1. The molecule has 0 saturated heterocycles. The Balaban J connectivity index is 1.78. The van der Waals surface area contributed by atoms with Gasteiger partial charge in [0.1, 0.15) is 11.6 Å². The number of ether oxygens (including phenoxy) is 3. The Morgan fingerprint density at radius 3 is 2.28 bits per heavy atom. The molecule has 0 unspecified atom stereocenters. The number of rotatable bonds is 6. The van der Waals surface area contributed by atoms with Crippen LogP contribution < -0.4 is 24.8 Å². The predicted octanol–water partition coefficient (Wildman–Crippen LogP) is 4.76. The molecule has 0 spiro atoms. The van der Waals surface area contributed by atoms with Gasteiger partial charge >= 0.3 is 6.03 Å². The van der Waals surface area contributed by atoms with E-state index in [2.05, 4.69) is 15.6 Å². The van der Waals surface area contributed by atoms with Crippen molar-refractivity contribution in [1.82, 2.24) is 4.98 Å². The van der Waals surface area contributed by atoms with E-state index < -0.39 is 17.7 Å². The maximum atomic E-state index is 13.7. The van der Waals surface area contributed by atoms with Crippen molar-refractivity contribution in [2.24, 2.45) is 0 Å². The smallest absolute Gasteiger partial charge is 0.325 e. The fraction of sp³-hybridized carbons (Fsp3) is 0.158. The number of anilines is 2. The molecule has 29 heavy (non-hydrogen) atoms. The van der Waals surface area contributed by atoms with Crippen LogP contribution in [-0.4, -0.2) is 32.3 Å². The number of amides is 2. The van der Waals surface area contributed by atoms with Gasteiger partial charge in [-0.15, -0.1) is 11.3 Å². The van der Waals surface area contributed by atoms with Gasteiger partial charge in [-0.3, -0.25) is 5.32 Å². The molecule has 10 heteroatoms. The Morgan fingerprint density at radius 1 is 1.00 bits per heavy atom. The summed E-state index contributed by atoms with van der Waals surface area (Å²) in [5, 5.41) is 6.83. The molecule has 2 aromatic carbocycles. The zero-order valence-electron chi connectivity index (χ0n) is 15.7. The van der Waals surface area contributed by atoms with Crippen LogP contribution in [0.4, 0.5) is 24.4 Å². The monoisotopic (exact) mass is 421 g/mol. The van der Waals surface area contributed by atoms with Gasteiger partial charge in [0.05, 0.1) is 32.7 Å². The van der Waals surface area contributed by atoms with Crippen molar-refractivity contribution in [3.8, 4) is 28.5 Å². The topological polar surface area (TPSA) is 81.7 Å². The van der Waals surface area contributed by atoms with E-state index >= 15 is 0 Å². The summed E-state index contributed by atoms with van der Waals surface area (Å²) in [6.45, 7) is 0. The molecular weight excluding hydrogens is 404 g/mol. The highest BCUT2D eigenvalue weighted by molar-refractivity contribution is 7.14. The number of thiazole rings is 1. The molecule has 0 aliphatic rings. The summed E-state index contributed by atoms with van der Waals surface area (Å²) >= 11 is 1.18. The number of nitrogens with zero attached hydrogens (tertiary/aromatic N) is 1. The highest BCUT2D eigenvalue weighted by Gasteiger charge is 2.16. The number of carbonyl (C=O) groups is 1. The number of aromatic nitrogens is 1. The SMILES string of the molecule is COc1cc(-c2csc(NC(=O)Nc3ccc(F)cc3F)n2)cc(OC)c1OC. The molecule has 0 saturated carbocycles. The van der Waals surface area contributed by atoms with E-state index in [1.165, 1.54) is 32.7 Å². The normalized spacial score (nSPS) is 10.4. The number of halogens is 2. The minimum Gasteiger partial charge on any atom is -0.493 e. The molecule has 3 aromatic rings. The van der Waals surface area contributed by atoms with Crippen LogP contribution in [0.5, 0.6) is 17.2 Å². The number of hydrogen-bond acceptors (Lipinski definition) is 6. The molecule has 0 aliphatic heterocycles. The summed E-state index contributed by atoms with van der Waals surface area (Å²) in [4.78, 5) is 16.4. The zero-order valence-corrected chi connectivity index (χ0v) is 16.5. The van der Waals surface area contributed by atoms with Crippen molar-refractivity contribution in [2.75, 3.05) is 32.0 Å². The molecule has 0 atom stereocenters. The fourth-order valence-corrected chi connectivity index (χ4v) is 3.25. The van der Waals surface area contributed by atoms with E-state index in [4.69, 9.17) is 14.2 Å². The van der Waals surface area contributed by atoms with E-state index in [0.717, 1.165) is 12.1 Å². The van der Waals surface area contributed by atoms with Crippen LogP contribution in [0.25, 0.3) is 11.3 Å². The number of carbonyl (C=O) groups excluding carboxylic acids is 1. The maximum Gasteiger partial charge on any atom is 0.325 e. The molecule has 1 aromatic heterocycles. The van der Waals surface area contributed by atoms with Crippen molar-refractivity contribution in [1.29, 1.82) is 0 Å². The highest BCUT2D eigenvalue weighted by Crippen LogP contribution is 2.41. The van der Waals surface area contributed by atoms with Gasteiger partial charge in [0, 0.05) is 17.0 Å². The van der Waals surface area contributed by atoms with E-state index in [1.807, 2.05) is 0 Å². The largest absolute Gasteiger partial charge is 0.493 e. The number of nitrogens with one attached hydrogen (secondary N) is 2. The van der Waals surface area contributed by atoms with Crippen molar-refractivity contribution >= 4 is 28.2 Å². The highest BCUT2D eigenvalue weighted by atomic mass is 32.1. The summed E-state index contributed by atoms with van der Waals surface area (Å²) in [6, 6.07) is 5.61. The van der Waals surface area contributed by atoms with Gasteiger partial charge in [0.15, 0.2) is 16.6 Å². The van der Waals surface area contributed by atoms with Crippen LogP contribution in [-0.2, 0) is 0 Å². The van der Waals surface area contributed by atoms with Crippen LogP contribution in [0.2, 0.25) is 0 Å². The summed E-state index contributed by atoms with van der Waals surface area (Å²) in [7, 11) is 4.52. The first-order valence-electron chi connectivity index (χ1n) is 8.24. The van der Waals surface area contributed by atoms with Crippen LogP contribution in [0.3, 0.4) is 0 Å². The Kier molecular flexibility index (Phi) is 6.13. The van der Waals surface area contributed by atoms with Gasteiger partial charge in [0.25, 0.3) is 0 Å². The lowest BCUT2D eigenvalue weighted by Gasteiger charge is -2.13. The standard InChI is InChI=1S/C19H17F2N3O4S/c1-26-15-6-10(7-16(27-2)17(15)28-3)14-9-29-19(23-14)24-18(25)22-13-5-4-11(20)8-12(13)21/h4-9H,1-3H3,(H2,22,23,24,25). The van der Waals surface area contributed by atoms with Gasteiger partial charge < -0.3 is 19.5 Å². The average molecular weight is 421 g/mol. The lowest BCUT2D eigenvalue weighted by molar-refractivity contribution is 0.262. The first-order valence-corrected chi connectivity index (χ1v) is 9.12. The average Bonchev–Trinajstić information content (AvgIpc) is 3.17. The Morgan fingerprint density at radius 2 is 1.69 bits per heavy atom. The molecule has 0 radical (unpaired) electrons. The molecule has 2 amide bonds. The lowest BCUT2D eigenvalue weighted by atomic mass is 10.1. The molecule has 152 valence electrons. The summed E-state index contributed by atoms with van der Waals surface area (Å²) in [5.41, 5.74) is 1.11. The van der Waals surface area contributed by atoms with Crippen LogP contribution in [0, 0.1) is 11.6 Å². The number of methoxy groups -OCH3 is 3. The van der Waals surface area contributed by atoms with Crippen molar-refractivity contribution in [3.63, 3.8) is 0 Å². The van der Waals surface area contributed by atoms with Gasteiger partial charge in [-0.2, -0.15) is 0 Å². The summed E-state index contributed by atoms with van der Waals surface area (Å²) in [5.74, 6) is -0.225. The predicted molar refractivity (Wildman–Crippen MR) is 106 cm³/mol. The summed E-state index contributed by atoms with van der Waals surface area (Å²) in [6.07, 6.45) is 0. The second kappa shape index (κ2) is 8.74. The van der Waals surface area contributed by atoms with Gasteiger partial charge in [-0.05, 0) is 24.3 Å². The molecule has 0 aliphatic carbocycles. The second-order valence-electron chi connectivity index (χ2n) is 5.66. The van der Waals surface area contributed by atoms with Crippen molar-refractivity contribution < 1.29 is 27.8 Å². The second-order valence-corrected chi connectivity index (χ2v) is 6.51. The van der Waals surface area contributed by atoms with Crippen molar-refractivity contribution in [3.05, 3.63) is 47.3 Å². The molecule has 3 rings (SSSR count). The van der Waals surface area contributed by atoms with Crippen LogP contribution in [0.1, 0.15) is 0 Å². The van der Waals surface area contributed by atoms with Gasteiger partial charge in [0.2, 0.25) is 5.75 Å². The first kappa shape index (κ1) is 20.3. The Hall–Kier alpha value is -3.40. The van der Waals surface area contributed by atoms with E-state index in [0.29, 0.717) is 34.6 Å². The number of benzene rings is 2. The van der Waals surface area contributed by atoms with E-state index in [9.17, 15) is 13.6 Å².